The van der Waals surface area contributed by atoms with Crippen LogP contribution in [0.25, 0.3) is 0 Å². The maximum atomic E-state index is 12.5. The fraction of sp³-hybridized carbons (Fsp3) is 0.500. The summed E-state index contributed by atoms with van der Waals surface area (Å²) in [6.07, 6.45) is 0. The molecule has 0 N–H and O–H groups in total. The smallest absolute Gasteiger partial charge is 0.254 e. The van der Waals surface area contributed by atoms with Gasteiger partial charge in [-0.15, -0.1) is 0 Å². The van der Waals surface area contributed by atoms with Gasteiger partial charge in [0.2, 0.25) is 5.91 Å². The van der Waals surface area contributed by atoms with Gasteiger partial charge in [0.1, 0.15) is 0 Å². The standard InChI is InChI=1S/C16H20Cl2N2O2/c1-16(2,3)15(22)20-6-4-19(5-7-20)14(21)11-8-12(17)10-13(18)9-11/h8-10H,4-7H2,1-3H3. The molecule has 0 spiro atoms. The first kappa shape index (κ1) is 17.1. The van der Waals surface area contributed by atoms with Crippen molar-refractivity contribution < 1.29 is 9.59 Å². The van der Waals surface area contributed by atoms with E-state index in [-0.39, 0.29) is 11.8 Å². The lowest BCUT2D eigenvalue weighted by Crippen LogP contribution is -2.53. The van der Waals surface area contributed by atoms with Gasteiger partial charge < -0.3 is 9.80 Å². The van der Waals surface area contributed by atoms with Crippen LogP contribution in [0, 0.1) is 5.41 Å². The average Bonchev–Trinajstić information content (AvgIpc) is 2.44. The molecule has 0 saturated carbocycles. The molecule has 1 aliphatic heterocycles. The van der Waals surface area contributed by atoms with Gasteiger partial charge in [0, 0.05) is 47.2 Å². The number of piperazine rings is 1. The molecule has 4 nitrogen and oxygen atoms in total. The van der Waals surface area contributed by atoms with E-state index in [1.807, 2.05) is 25.7 Å². The molecule has 22 heavy (non-hydrogen) atoms. The molecule has 0 aliphatic carbocycles. The van der Waals surface area contributed by atoms with Crippen LogP contribution in [-0.4, -0.2) is 47.8 Å². The zero-order valence-corrected chi connectivity index (χ0v) is 14.5. The number of carbonyl (C=O) groups excluding carboxylic acids is 2. The lowest BCUT2D eigenvalue weighted by atomic mass is 9.94. The van der Waals surface area contributed by atoms with Gasteiger partial charge in [-0.05, 0) is 18.2 Å². The monoisotopic (exact) mass is 342 g/mol. The SMILES string of the molecule is CC(C)(C)C(=O)N1CCN(C(=O)c2cc(Cl)cc(Cl)c2)CC1. The summed E-state index contributed by atoms with van der Waals surface area (Å²) in [4.78, 5) is 28.3. The molecule has 6 heteroatoms. The summed E-state index contributed by atoms with van der Waals surface area (Å²) < 4.78 is 0. The Morgan fingerprint density at radius 1 is 0.909 bits per heavy atom. The molecular weight excluding hydrogens is 323 g/mol. The Morgan fingerprint density at radius 3 is 1.82 bits per heavy atom. The zero-order chi connectivity index (χ0) is 16.5. The normalized spacial score (nSPS) is 15.9. The zero-order valence-electron chi connectivity index (χ0n) is 13.0. The van der Waals surface area contributed by atoms with Crippen molar-refractivity contribution in [1.82, 2.24) is 9.80 Å². The molecule has 1 saturated heterocycles. The van der Waals surface area contributed by atoms with Gasteiger partial charge in [0.05, 0.1) is 0 Å². The molecule has 1 aromatic rings. The lowest BCUT2D eigenvalue weighted by Gasteiger charge is -2.37. The van der Waals surface area contributed by atoms with Crippen molar-refractivity contribution in [2.24, 2.45) is 5.41 Å². The van der Waals surface area contributed by atoms with E-state index in [4.69, 9.17) is 23.2 Å². The highest BCUT2D eigenvalue weighted by Gasteiger charge is 2.31. The van der Waals surface area contributed by atoms with Crippen molar-refractivity contribution in [3.8, 4) is 0 Å². The van der Waals surface area contributed by atoms with E-state index in [0.29, 0.717) is 41.8 Å². The number of halogens is 2. The van der Waals surface area contributed by atoms with Crippen molar-refractivity contribution in [3.05, 3.63) is 33.8 Å². The van der Waals surface area contributed by atoms with Crippen LogP contribution in [0.15, 0.2) is 18.2 Å². The molecule has 2 amide bonds. The van der Waals surface area contributed by atoms with Gasteiger partial charge in [-0.25, -0.2) is 0 Å². The average molecular weight is 343 g/mol. The number of benzene rings is 1. The molecule has 0 aromatic heterocycles. The quantitative estimate of drug-likeness (QED) is 0.785. The van der Waals surface area contributed by atoms with Crippen LogP contribution in [0.1, 0.15) is 31.1 Å². The Hall–Kier alpha value is -1.26. The highest BCUT2D eigenvalue weighted by atomic mass is 35.5. The van der Waals surface area contributed by atoms with E-state index in [9.17, 15) is 9.59 Å². The Morgan fingerprint density at radius 2 is 1.36 bits per heavy atom. The number of amides is 2. The third-order valence-electron chi connectivity index (χ3n) is 3.61. The topological polar surface area (TPSA) is 40.6 Å². The second kappa shape index (κ2) is 6.47. The van der Waals surface area contributed by atoms with Crippen LogP contribution in [0.4, 0.5) is 0 Å². The molecule has 1 heterocycles. The summed E-state index contributed by atoms with van der Waals surface area (Å²) in [5.41, 5.74) is 0.0835. The maximum absolute atomic E-state index is 12.5. The number of carbonyl (C=O) groups is 2. The summed E-state index contributed by atoms with van der Waals surface area (Å²) in [5.74, 6) is 0.0117. The summed E-state index contributed by atoms with van der Waals surface area (Å²) in [7, 11) is 0. The second-order valence-electron chi connectivity index (χ2n) is 6.49. The van der Waals surface area contributed by atoms with Crippen LogP contribution in [-0.2, 0) is 4.79 Å². The number of hydrogen-bond acceptors (Lipinski definition) is 2. The minimum Gasteiger partial charge on any atom is -0.339 e. The van der Waals surface area contributed by atoms with Crippen molar-refractivity contribution >= 4 is 35.0 Å². The molecule has 120 valence electrons. The summed E-state index contributed by atoms with van der Waals surface area (Å²) in [6.45, 7) is 7.85. The molecule has 0 atom stereocenters. The summed E-state index contributed by atoms with van der Waals surface area (Å²) in [5, 5.41) is 0.884. The minimum atomic E-state index is -0.396. The maximum Gasteiger partial charge on any atom is 0.254 e. The molecule has 0 radical (unpaired) electrons. The van der Waals surface area contributed by atoms with E-state index < -0.39 is 5.41 Å². The van der Waals surface area contributed by atoms with Crippen molar-refractivity contribution in [1.29, 1.82) is 0 Å². The Balaban J connectivity index is 2.02. The van der Waals surface area contributed by atoms with Crippen LogP contribution >= 0.6 is 23.2 Å². The van der Waals surface area contributed by atoms with Crippen LogP contribution in [0.2, 0.25) is 10.0 Å². The molecule has 1 aliphatic rings. The van der Waals surface area contributed by atoms with Gasteiger partial charge in [0.25, 0.3) is 5.91 Å². The van der Waals surface area contributed by atoms with Crippen molar-refractivity contribution in [3.63, 3.8) is 0 Å². The molecule has 1 aromatic carbocycles. The molecular formula is C16H20Cl2N2O2. The van der Waals surface area contributed by atoms with Gasteiger partial charge in [-0.1, -0.05) is 44.0 Å². The number of rotatable bonds is 1. The highest BCUT2D eigenvalue weighted by Crippen LogP contribution is 2.22. The largest absolute Gasteiger partial charge is 0.339 e. The van der Waals surface area contributed by atoms with Crippen LogP contribution in [0.3, 0.4) is 0 Å². The molecule has 1 fully saturated rings. The van der Waals surface area contributed by atoms with Gasteiger partial charge in [-0.2, -0.15) is 0 Å². The predicted octanol–water partition coefficient (Wildman–Crippen LogP) is 3.32. The highest BCUT2D eigenvalue weighted by molar-refractivity contribution is 6.35. The van der Waals surface area contributed by atoms with E-state index in [1.54, 1.807) is 23.1 Å². The molecule has 0 bridgehead atoms. The first-order valence-electron chi connectivity index (χ1n) is 7.23. The number of nitrogens with zero attached hydrogens (tertiary/aromatic N) is 2. The third kappa shape index (κ3) is 3.93. The molecule has 0 unspecified atom stereocenters. The van der Waals surface area contributed by atoms with Crippen LogP contribution < -0.4 is 0 Å². The van der Waals surface area contributed by atoms with E-state index in [0.717, 1.165) is 0 Å². The van der Waals surface area contributed by atoms with Crippen molar-refractivity contribution in [2.45, 2.75) is 20.8 Å². The van der Waals surface area contributed by atoms with Gasteiger partial charge in [-0.3, -0.25) is 9.59 Å². The fourth-order valence-electron chi connectivity index (χ4n) is 2.45. The first-order chi connectivity index (χ1) is 10.2. The fourth-order valence-corrected chi connectivity index (χ4v) is 2.97. The predicted molar refractivity (Wildman–Crippen MR) is 88.4 cm³/mol. The van der Waals surface area contributed by atoms with E-state index >= 15 is 0 Å². The lowest BCUT2D eigenvalue weighted by molar-refractivity contribution is -0.140. The Labute approximate surface area is 141 Å². The summed E-state index contributed by atoms with van der Waals surface area (Å²) >= 11 is 11.9. The Bertz CT molecular complexity index is 568. The van der Waals surface area contributed by atoms with Crippen LogP contribution in [0.5, 0.6) is 0 Å². The third-order valence-corrected chi connectivity index (χ3v) is 4.04. The van der Waals surface area contributed by atoms with E-state index in [1.165, 1.54) is 0 Å². The first-order valence-corrected chi connectivity index (χ1v) is 7.99. The second-order valence-corrected chi connectivity index (χ2v) is 7.37. The van der Waals surface area contributed by atoms with E-state index in [2.05, 4.69) is 0 Å². The van der Waals surface area contributed by atoms with Crippen molar-refractivity contribution in [2.75, 3.05) is 26.2 Å². The molecule has 2 rings (SSSR count). The van der Waals surface area contributed by atoms with Gasteiger partial charge in [0.15, 0.2) is 0 Å². The number of hydrogen-bond donors (Lipinski definition) is 0. The van der Waals surface area contributed by atoms with Gasteiger partial charge >= 0.3 is 0 Å². The summed E-state index contributed by atoms with van der Waals surface area (Å²) in [6, 6.07) is 4.82. The Kier molecular flexibility index (Phi) is 5.03. The minimum absolute atomic E-state index is 0.104.